The zero-order valence-corrected chi connectivity index (χ0v) is 19.2. The van der Waals surface area contributed by atoms with Crippen molar-refractivity contribution >= 4 is 35.0 Å². The number of nitrogens with one attached hydrogen (secondary N) is 2. The fourth-order valence-corrected chi connectivity index (χ4v) is 4.19. The first-order valence-electron chi connectivity index (χ1n) is 10.8. The molecule has 0 saturated carbocycles. The molecule has 6 nitrogen and oxygen atoms in total. The zero-order chi connectivity index (χ0) is 22.2. The summed E-state index contributed by atoms with van der Waals surface area (Å²) in [6.07, 6.45) is 3.47. The van der Waals surface area contributed by atoms with Gasteiger partial charge in [-0.1, -0.05) is 38.1 Å². The van der Waals surface area contributed by atoms with Crippen LogP contribution in [0.1, 0.15) is 33.1 Å². The number of ether oxygens (including phenoxy) is 1. The number of thioether (sulfide) groups is 1. The monoisotopic (exact) mass is 441 g/mol. The molecular weight excluding hydrogens is 410 g/mol. The second kappa shape index (κ2) is 11.1. The number of amides is 2. The second-order valence-corrected chi connectivity index (χ2v) is 8.39. The SMILES string of the molecule is CCC(CC)NC(=O)C1CN(CCC(=O)Nc2ccccc2SC)c2ccccc2O1. The van der Waals surface area contributed by atoms with Crippen LogP contribution in [0.4, 0.5) is 11.4 Å². The average molecular weight is 442 g/mol. The Kier molecular flexibility index (Phi) is 8.23. The molecule has 0 radical (unpaired) electrons. The minimum absolute atomic E-state index is 0.0523. The van der Waals surface area contributed by atoms with Gasteiger partial charge in [-0.2, -0.15) is 0 Å². The number of carbonyl (C=O) groups excluding carboxylic acids is 2. The Bertz CT molecular complexity index is 901. The summed E-state index contributed by atoms with van der Waals surface area (Å²) in [6, 6.07) is 15.6. The smallest absolute Gasteiger partial charge is 0.263 e. The number of hydrogen-bond acceptors (Lipinski definition) is 5. The molecule has 0 bridgehead atoms. The molecule has 1 heterocycles. The Hall–Kier alpha value is -2.67. The third-order valence-corrected chi connectivity index (χ3v) is 6.27. The molecule has 7 heteroatoms. The van der Waals surface area contributed by atoms with E-state index in [0.29, 0.717) is 25.3 Å². The first-order chi connectivity index (χ1) is 15.0. The lowest BCUT2D eigenvalue weighted by atomic mass is 10.1. The molecule has 0 aromatic heterocycles. The van der Waals surface area contributed by atoms with E-state index in [-0.39, 0.29) is 17.9 Å². The summed E-state index contributed by atoms with van der Waals surface area (Å²) >= 11 is 1.60. The molecule has 2 aromatic rings. The van der Waals surface area contributed by atoms with Crippen LogP contribution in [0.3, 0.4) is 0 Å². The lowest BCUT2D eigenvalue weighted by Crippen LogP contribution is -2.51. The normalized spacial score (nSPS) is 15.2. The highest BCUT2D eigenvalue weighted by Crippen LogP contribution is 2.33. The highest BCUT2D eigenvalue weighted by Gasteiger charge is 2.31. The van der Waals surface area contributed by atoms with Gasteiger partial charge in [0, 0.05) is 23.9 Å². The van der Waals surface area contributed by atoms with Crippen molar-refractivity contribution in [1.29, 1.82) is 0 Å². The van der Waals surface area contributed by atoms with Crippen molar-refractivity contribution in [2.45, 2.75) is 50.2 Å². The van der Waals surface area contributed by atoms with E-state index in [4.69, 9.17) is 4.74 Å². The van der Waals surface area contributed by atoms with E-state index in [1.165, 1.54) is 0 Å². The van der Waals surface area contributed by atoms with E-state index >= 15 is 0 Å². The molecule has 3 rings (SSSR count). The maximum atomic E-state index is 12.8. The maximum Gasteiger partial charge on any atom is 0.263 e. The lowest BCUT2D eigenvalue weighted by Gasteiger charge is -2.36. The van der Waals surface area contributed by atoms with Crippen LogP contribution in [0.5, 0.6) is 5.75 Å². The second-order valence-electron chi connectivity index (χ2n) is 7.54. The molecule has 1 unspecified atom stereocenters. The van der Waals surface area contributed by atoms with E-state index in [2.05, 4.69) is 29.4 Å². The van der Waals surface area contributed by atoms with Gasteiger partial charge in [0.2, 0.25) is 5.91 Å². The fourth-order valence-electron chi connectivity index (χ4n) is 3.64. The molecule has 31 heavy (non-hydrogen) atoms. The van der Waals surface area contributed by atoms with Crippen LogP contribution in [0, 0.1) is 0 Å². The largest absolute Gasteiger partial charge is 0.477 e. The average Bonchev–Trinajstić information content (AvgIpc) is 2.80. The van der Waals surface area contributed by atoms with Gasteiger partial charge in [0.25, 0.3) is 5.91 Å². The van der Waals surface area contributed by atoms with Crippen LogP contribution in [-0.2, 0) is 9.59 Å². The van der Waals surface area contributed by atoms with Crippen LogP contribution < -0.4 is 20.3 Å². The van der Waals surface area contributed by atoms with Crippen molar-refractivity contribution in [3.63, 3.8) is 0 Å². The van der Waals surface area contributed by atoms with Crippen molar-refractivity contribution in [2.75, 3.05) is 29.6 Å². The molecular formula is C24H31N3O3S. The number of anilines is 2. The summed E-state index contributed by atoms with van der Waals surface area (Å²) in [5.74, 6) is 0.515. The van der Waals surface area contributed by atoms with Crippen molar-refractivity contribution in [1.82, 2.24) is 5.32 Å². The van der Waals surface area contributed by atoms with E-state index in [1.54, 1.807) is 11.8 Å². The van der Waals surface area contributed by atoms with Crippen molar-refractivity contribution in [2.24, 2.45) is 0 Å². The van der Waals surface area contributed by atoms with Gasteiger partial charge in [-0.15, -0.1) is 11.8 Å². The topological polar surface area (TPSA) is 70.7 Å². The third-order valence-electron chi connectivity index (χ3n) is 5.48. The molecule has 2 N–H and O–H groups in total. The highest BCUT2D eigenvalue weighted by molar-refractivity contribution is 7.98. The van der Waals surface area contributed by atoms with Gasteiger partial charge in [-0.25, -0.2) is 0 Å². The summed E-state index contributed by atoms with van der Waals surface area (Å²) in [5.41, 5.74) is 1.73. The van der Waals surface area contributed by atoms with Gasteiger partial charge in [-0.3, -0.25) is 9.59 Å². The number of rotatable bonds is 9. The van der Waals surface area contributed by atoms with Crippen molar-refractivity contribution < 1.29 is 14.3 Å². The van der Waals surface area contributed by atoms with Gasteiger partial charge < -0.3 is 20.3 Å². The highest BCUT2D eigenvalue weighted by atomic mass is 32.2. The zero-order valence-electron chi connectivity index (χ0n) is 18.4. The standard InChI is InChI=1S/C24H31N3O3S/c1-4-17(5-2)25-24(29)21-16-27(19-11-7-8-12-20(19)30-21)15-14-23(28)26-18-10-6-9-13-22(18)31-3/h6-13,17,21H,4-5,14-16H2,1-3H3,(H,25,29)(H,26,28). The Balaban J connectivity index is 1.66. The third kappa shape index (κ3) is 5.94. The quantitative estimate of drug-likeness (QED) is 0.568. The number of benzene rings is 2. The lowest BCUT2D eigenvalue weighted by molar-refractivity contribution is -0.128. The van der Waals surface area contributed by atoms with E-state index in [0.717, 1.165) is 29.1 Å². The fraction of sp³-hybridized carbons (Fsp3) is 0.417. The predicted octanol–water partition coefficient (Wildman–Crippen LogP) is 4.31. The maximum absolute atomic E-state index is 12.8. The Morgan fingerprint density at radius 1 is 1.13 bits per heavy atom. The molecule has 1 aliphatic heterocycles. The molecule has 0 saturated heterocycles. The number of hydrogen-bond donors (Lipinski definition) is 2. The van der Waals surface area contributed by atoms with E-state index in [1.807, 2.05) is 54.8 Å². The molecule has 166 valence electrons. The van der Waals surface area contributed by atoms with Crippen LogP contribution in [0.15, 0.2) is 53.4 Å². The molecule has 0 spiro atoms. The molecule has 1 atom stereocenters. The Labute approximate surface area is 188 Å². The van der Waals surface area contributed by atoms with Crippen LogP contribution in [-0.4, -0.2) is 43.3 Å². The number of para-hydroxylation sites is 3. The molecule has 2 amide bonds. The number of fused-ring (bicyclic) bond motifs is 1. The van der Waals surface area contributed by atoms with E-state index in [9.17, 15) is 9.59 Å². The van der Waals surface area contributed by atoms with Crippen LogP contribution in [0.2, 0.25) is 0 Å². The van der Waals surface area contributed by atoms with Crippen molar-refractivity contribution in [3.8, 4) is 5.75 Å². The summed E-state index contributed by atoms with van der Waals surface area (Å²) in [6.45, 7) is 5.04. The first-order valence-corrected chi connectivity index (χ1v) is 12.0. The summed E-state index contributed by atoms with van der Waals surface area (Å²) < 4.78 is 5.99. The van der Waals surface area contributed by atoms with Crippen LogP contribution >= 0.6 is 11.8 Å². The summed E-state index contributed by atoms with van der Waals surface area (Å²) in [7, 11) is 0. The first kappa shape index (κ1) is 23.0. The van der Waals surface area contributed by atoms with Gasteiger partial charge in [0.15, 0.2) is 6.10 Å². The van der Waals surface area contributed by atoms with Crippen molar-refractivity contribution in [3.05, 3.63) is 48.5 Å². The minimum atomic E-state index is -0.601. The minimum Gasteiger partial charge on any atom is -0.477 e. The molecule has 1 aliphatic rings. The molecule has 0 aliphatic carbocycles. The van der Waals surface area contributed by atoms with Gasteiger partial charge in [0.1, 0.15) is 5.75 Å². The predicted molar refractivity (Wildman–Crippen MR) is 127 cm³/mol. The van der Waals surface area contributed by atoms with Crippen LogP contribution in [0.25, 0.3) is 0 Å². The summed E-state index contributed by atoms with van der Waals surface area (Å²) in [4.78, 5) is 28.5. The van der Waals surface area contributed by atoms with Gasteiger partial charge >= 0.3 is 0 Å². The number of carbonyl (C=O) groups is 2. The molecule has 0 fully saturated rings. The Morgan fingerprint density at radius 2 is 1.84 bits per heavy atom. The van der Waals surface area contributed by atoms with Gasteiger partial charge in [0.05, 0.1) is 17.9 Å². The van der Waals surface area contributed by atoms with Gasteiger partial charge in [-0.05, 0) is 43.4 Å². The summed E-state index contributed by atoms with van der Waals surface area (Å²) in [5, 5.41) is 6.08. The van der Waals surface area contributed by atoms with E-state index < -0.39 is 6.10 Å². The Morgan fingerprint density at radius 3 is 2.58 bits per heavy atom. The number of nitrogens with zero attached hydrogens (tertiary/aromatic N) is 1. The molecule has 2 aromatic carbocycles.